The first-order valence-corrected chi connectivity index (χ1v) is 6.45. The molecule has 18 heavy (non-hydrogen) atoms. The highest BCUT2D eigenvalue weighted by molar-refractivity contribution is 7.07. The highest BCUT2D eigenvalue weighted by Gasteiger charge is 2.04. The van der Waals surface area contributed by atoms with Gasteiger partial charge in [-0.2, -0.15) is 11.3 Å². The summed E-state index contributed by atoms with van der Waals surface area (Å²) in [5.41, 5.74) is 8.62. The third-order valence-corrected chi connectivity index (χ3v) is 3.44. The first-order valence-electron chi connectivity index (χ1n) is 5.51. The van der Waals surface area contributed by atoms with Crippen molar-refractivity contribution in [2.45, 2.75) is 6.54 Å². The maximum absolute atomic E-state index is 8.59. The van der Waals surface area contributed by atoms with E-state index in [0.29, 0.717) is 5.56 Å². The highest BCUT2D eigenvalue weighted by Crippen LogP contribution is 2.17. The van der Waals surface area contributed by atoms with Gasteiger partial charge in [-0.1, -0.05) is 5.16 Å². The van der Waals surface area contributed by atoms with Crippen LogP contribution in [0, 0.1) is 0 Å². The Kier molecular flexibility index (Phi) is 3.84. The van der Waals surface area contributed by atoms with E-state index in [-0.39, 0.29) is 5.84 Å². The van der Waals surface area contributed by atoms with Crippen molar-refractivity contribution in [3.63, 3.8) is 0 Å². The van der Waals surface area contributed by atoms with Crippen LogP contribution in [0.25, 0.3) is 0 Å². The van der Waals surface area contributed by atoms with E-state index in [9.17, 15) is 0 Å². The molecule has 4 nitrogen and oxygen atoms in total. The van der Waals surface area contributed by atoms with Crippen molar-refractivity contribution in [1.29, 1.82) is 0 Å². The summed E-state index contributed by atoms with van der Waals surface area (Å²) in [4.78, 5) is 2.15. The minimum Gasteiger partial charge on any atom is -0.409 e. The zero-order valence-corrected chi connectivity index (χ0v) is 10.9. The highest BCUT2D eigenvalue weighted by atomic mass is 32.1. The van der Waals surface area contributed by atoms with Crippen LogP contribution < -0.4 is 10.6 Å². The monoisotopic (exact) mass is 261 g/mol. The van der Waals surface area contributed by atoms with E-state index < -0.39 is 0 Å². The number of benzene rings is 1. The average Bonchev–Trinajstić information content (AvgIpc) is 2.91. The second kappa shape index (κ2) is 5.55. The molecule has 0 atom stereocenters. The topological polar surface area (TPSA) is 61.8 Å². The number of nitrogens with two attached hydrogens (primary N) is 1. The van der Waals surface area contributed by atoms with Crippen molar-refractivity contribution in [1.82, 2.24) is 0 Å². The van der Waals surface area contributed by atoms with Gasteiger partial charge in [-0.3, -0.25) is 0 Å². The number of hydrogen-bond donors (Lipinski definition) is 2. The largest absolute Gasteiger partial charge is 0.409 e. The Balaban J connectivity index is 2.09. The van der Waals surface area contributed by atoms with E-state index >= 15 is 0 Å². The van der Waals surface area contributed by atoms with E-state index in [2.05, 4.69) is 26.9 Å². The molecule has 0 saturated heterocycles. The lowest BCUT2D eigenvalue weighted by Crippen LogP contribution is -2.17. The van der Waals surface area contributed by atoms with Crippen LogP contribution >= 0.6 is 11.3 Å². The van der Waals surface area contributed by atoms with Gasteiger partial charge in [0.15, 0.2) is 5.84 Å². The maximum atomic E-state index is 8.59. The number of hydrogen-bond acceptors (Lipinski definition) is 4. The smallest absolute Gasteiger partial charge is 0.170 e. The zero-order valence-electron chi connectivity index (χ0n) is 10.1. The summed E-state index contributed by atoms with van der Waals surface area (Å²) in [5.74, 6) is 0.127. The molecule has 0 radical (unpaired) electrons. The van der Waals surface area contributed by atoms with Crippen LogP contribution in [0.2, 0.25) is 0 Å². The molecule has 2 rings (SSSR count). The predicted octanol–water partition coefficient (Wildman–Crippen LogP) is 2.48. The predicted molar refractivity (Wildman–Crippen MR) is 75.4 cm³/mol. The van der Waals surface area contributed by atoms with Crippen molar-refractivity contribution in [2.24, 2.45) is 10.9 Å². The third-order valence-electron chi connectivity index (χ3n) is 2.71. The second-order valence-electron chi connectivity index (χ2n) is 4.02. The Morgan fingerprint density at radius 2 is 2.06 bits per heavy atom. The summed E-state index contributed by atoms with van der Waals surface area (Å²) in [7, 11) is 2.04. The molecule has 94 valence electrons. The fraction of sp³-hybridized carbons (Fsp3) is 0.154. The molecule has 1 heterocycles. The van der Waals surface area contributed by atoms with Crippen molar-refractivity contribution < 1.29 is 5.21 Å². The molecule has 2 aromatic rings. The summed E-state index contributed by atoms with van der Waals surface area (Å²) in [5, 5.41) is 15.8. The normalized spacial score (nSPS) is 11.5. The van der Waals surface area contributed by atoms with Gasteiger partial charge < -0.3 is 15.8 Å². The van der Waals surface area contributed by atoms with E-state index in [1.54, 1.807) is 11.3 Å². The molecular weight excluding hydrogens is 246 g/mol. The molecule has 0 unspecified atom stereocenters. The van der Waals surface area contributed by atoms with Gasteiger partial charge in [-0.15, -0.1) is 0 Å². The van der Waals surface area contributed by atoms with Crippen molar-refractivity contribution in [3.05, 3.63) is 52.2 Å². The fourth-order valence-corrected chi connectivity index (χ4v) is 2.35. The molecule has 0 fully saturated rings. The number of anilines is 1. The van der Waals surface area contributed by atoms with Gasteiger partial charge in [-0.25, -0.2) is 0 Å². The van der Waals surface area contributed by atoms with Gasteiger partial charge in [0.25, 0.3) is 0 Å². The van der Waals surface area contributed by atoms with Crippen LogP contribution in [0.3, 0.4) is 0 Å². The Labute approximate surface area is 110 Å². The lowest BCUT2D eigenvalue weighted by atomic mass is 10.2. The van der Waals surface area contributed by atoms with Crippen LogP contribution in [-0.2, 0) is 6.54 Å². The molecule has 3 N–H and O–H groups in total. The first kappa shape index (κ1) is 12.4. The Bertz CT molecular complexity index is 520. The molecule has 0 amide bonds. The molecule has 0 bridgehead atoms. The zero-order chi connectivity index (χ0) is 13.0. The van der Waals surface area contributed by atoms with Gasteiger partial charge in [0.2, 0.25) is 0 Å². The van der Waals surface area contributed by atoms with Crippen molar-refractivity contribution in [3.8, 4) is 0 Å². The van der Waals surface area contributed by atoms with Gasteiger partial charge in [-0.05, 0) is 46.7 Å². The molecular formula is C13H15N3OS. The SMILES string of the molecule is CN(Cc1ccsc1)c1ccc(/C(N)=N/O)cc1. The van der Waals surface area contributed by atoms with Gasteiger partial charge in [0.1, 0.15) is 0 Å². The van der Waals surface area contributed by atoms with E-state index in [0.717, 1.165) is 12.2 Å². The van der Waals surface area contributed by atoms with Crippen LogP contribution in [0.1, 0.15) is 11.1 Å². The van der Waals surface area contributed by atoms with Crippen LogP contribution in [-0.4, -0.2) is 18.1 Å². The summed E-state index contributed by atoms with van der Waals surface area (Å²) in [6.45, 7) is 0.867. The van der Waals surface area contributed by atoms with Crippen LogP contribution in [0.4, 0.5) is 5.69 Å². The Hall–Kier alpha value is -2.01. The lowest BCUT2D eigenvalue weighted by Gasteiger charge is -2.18. The maximum Gasteiger partial charge on any atom is 0.170 e. The van der Waals surface area contributed by atoms with E-state index in [1.807, 2.05) is 31.3 Å². The van der Waals surface area contributed by atoms with Gasteiger partial charge >= 0.3 is 0 Å². The van der Waals surface area contributed by atoms with Gasteiger partial charge in [0, 0.05) is 24.8 Å². The lowest BCUT2D eigenvalue weighted by molar-refractivity contribution is 0.318. The van der Waals surface area contributed by atoms with Gasteiger partial charge in [0.05, 0.1) is 0 Å². The van der Waals surface area contributed by atoms with Crippen LogP contribution in [0.15, 0.2) is 46.2 Å². The molecule has 0 aliphatic heterocycles. The molecule has 5 heteroatoms. The molecule has 0 saturated carbocycles. The third kappa shape index (κ3) is 2.81. The minimum absolute atomic E-state index is 0.127. The molecule has 0 aliphatic carbocycles. The molecule has 1 aromatic carbocycles. The molecule has 0 spiro atoms. The summed E-state index contributed by atoms with van der Waals surface area (Å²) in [6.07, 6.45) is 0. The Morgan fingerprint density at radius 3 is 2.61 bits per heavy atom. The quantitative estimate of drug-likeness (QED) is 0.385. The first-order chi connectivity index (χ1) is 8.70. The van der Waals surface area contributed by atoms with E-state index in [4.69, 9.17) is 10.9 Å². The number of nitrogens with zero attached hydrogens (tertiary/aromatic N) is 2. The number of rotatable bonds is 4. The van der Waals surface area contributed by atoms with Crippen LogP contribution in [0.5, 0.6) is 0 Å². The fourth-order valence-electron chi connectivity index (χ4n) is 1.69. The summed E-state index contributed by atoms with van der Waals surface area (Å²) < 4.78 is 0. The second-order valence-corrected chi connectivity index (χ2v) is 4.80. The van der Waals surface area contributed by atoms with Crippen molar-refractivity contribution in [2.75, 3.05) is 11.9 Å². The summed E-state index contributed by atoms with van der Waals surface area (Å²) in [6, 6.07) is 9.72. The molecule has 1 aromatic heterocycles. The number of amidine groups is 1. The number of oxime groups is 1. The molecule has 0 aliphatic rings. The summed E-state index contributed by atoms with van der Waals surface area (Å²) >= 11 is 1.70. The average molecular weight is 261 g/mol. The standard InChI is InChI=1S/C13H15N3OS/c1-16(8-10-6-7-18-9-10)12-4-2-11(3-5-12)13(14)15-17/h2-7,9,17H,8H2,1H3,(H2,14,15). The van der Waals surface area contributed by atoms with E-state index in [1.165, 1.54) is 5.56 Å². The van der Waals surface area contributed by atoms with Crippen molar-refractivity contribution >= 4 is 22.9 Å². The number of thiophene rings is 1. The Morgan fingerprint density at radius 1 is 1.33 bits per heavy atom. The minimum atomic E-state index is 0.127.